The molecule has 0 atom stereocenters. The summed E-state index contributed by atoms with van der Waals surface area (Å²) in [5.74, 6) is -3.18. The Bertz CT molecular complexity index is 2130. The average Bonchev–Trinajstić information content (AvgIpc) is 3.35. The monoisotopic (exact) mass is 972 g/mol. The molecule has 18 heteroatoms. The Morgan fingerprint density at radius 3 is 0.472 bits per heavy atom. The Balaban J connectivity index is 1.20. The van der Waals surface area contributed by atoms with Gasteiger partial charge < -0.3 is 0 Å². The van der Waals surface area contributed by atoms with Gasteiger partial charge in [-0.1, -0.05) is 182 Å². The molecule has 1 fully saturated rings. The second-order valence-corrected chi connectivity index (χ2v) is 17.3. The number of rotatable bonds is 12. The van der Waals surface area contributed by atoms with Gasteiger partial charge in [-0.3, -0.25) is 61.3 Å². The molecular formula is C54H60N12O6. The molecule has 1 aliphatic heterocycles. The molecule has 1 heterocycles. The van der Waals surface area contributed by atoms with Gasteiger partial charge in [0.2, 0.25) is 35.4 Å². The van der Waals surface area contributed by atoms with Gasteiger partial charge in [0, 0.05) is 39.3 Å². The molecule has 6 amide bonds. The van der Waals surface area contributed by atoms with Gasteiger partial charge in [-0.15, -0.1) is 0 Å². The molecule has 6 aromatic carbocycles. The Morgan fingerprint density at radius 1 is 0.222 bits per heavy atom. The molecule has 6 N–H and O–H groups in total. The number of hydrazine groups is 6. The number of hydrogen-bond donors (Lipinski definition) is 6. The van der Waals surface area contributed by atoms with Crippen molar-refractivity contribution < 1.29 is 28.8 Å². The van der Waals surface area contributed by atoms with Crippen molar-refractivity contribution in [3.63, 3.8) is 0 Å². The third kappa shape index (κ3) is 18.3. The molecule has 6 aromatic rings. The van der Waals surface area contributed by atoms with Gasteiger partial charge in [-0.2, -0.15) is 0 Å². The average molecular weight is 973 g/mol. The summed E-state index contributed by atoms with van der Waals surface area (Å²) in [4.78, 5) is 84.6. The van der Waals surface area contributed by atoms with E-state index < -0.39 is 35.4 Å². The molecule has 0 saturated carbocycles. The van der Waals surface area contributed by atoms with Gasteiger partial charge in [0.1, 0.15) is 0 Å². The van der Waals surface area contributed by atoms with Crippen molar-refractivity contribution in [2.75, 3.05) is 39.3 Å². The minimum atomic E-state index is -0.529. The first kappa shape index (κ1) is 51.7. The molecule has 0 bridgehead atoms. The van der Waals surface area contributed by atoms with Crippen LogP contribution in [0.25, 0.3) is 0 Å². The van der Waals surface area contributed by atoms with E-state index in [0.29, 0.717) is 0 Å². The molecule has 72 heavy (non-hydrogen) atoms. The van der Waals surface area contributed by atoms with E-state index in [1.54, 1.807) is 0 Å². The summed E-state index contributed by atoms with van der Waals surface area (Å²) < 4.78 is 0. The predicted molar refractivity (Wildman–Crippen MR) is 270 cm³/mol. The maximum Gasteiger partial charge on any atom is 0.250 e. The molecule has 0 spiro atoms. The van der Waals surface area contributed by atoms with Gasteiger partial charge in [-0.25, -0.2) is 30.1 Å². The number of hydrogen-bond acceptors (Lipinski definition) is 12. The summed E-state index contributed by atoms with van der Waals surface area (Å²) in [5, 5.41) is 8.79. The van der Waals surface area contributed by atoms with E-state index >= 15 is 0 Å². The second-order valence-electron chi connectivity index (χ2n) is 17.3. The summed E-state index contributed by atoms with van der Waals surface area (Å²) >= 11 is 0. The van der Waals surface area contributed by atoms with E-state index in [9.17, 15) is 28.8 Å². The molecule has 0 aromatic heterocycles. The molecule has 7 rings (SSSR count). The molecule has 0 aliphatic carbocycles. The Kier molecular flexibility index (Phi) is 19.6. The van der Waals surface area contributed by atoms with Crippen molar-refractivity contribution in [3.8, 4) is 0 Å². The van der Waals surface area contributed by atoms with E-state index in [1.165, 1.54) is 30.1 Å². The maximum atomic E-state index is 14.1. The van der Waals surface area contributed by atoms with Gasteiger partial charge >= 0.3 is 0 Å². The lowest BCUT2D eigenvalue weighted by atomic mass is 10.2. The van der Waals surface area contributed by atoms with E-state index in [2.05, 4.69) is 32.6 Å². The lowest BCUT2D eigenvalue weighted by Crippen LogP contribution is -2.57. The highest BCUT2D eigenvalue weighted by Crippen LogP contribution is 2.10. The van der Waals surface area contributed by atoms with Crippen molar-refractivity contribution in [3.05, 3.63) is 215 Å². The van der Waals surface area contributed by atoms with Crippen LogP contribution in [-0.4, -0.2) is 105 Å². The summed E-state index contributed by atoms with van der Waals surface area (Å²) in [7, 11) is 0. The predicted octanol–water partition coefficient (Wildman–Crippen LogP) is 3.20. The van der Waals surface area contributed by atoms with E-state index in [4.69, 9.17) is 0 Å². The summed E-state index contributed by atoms with van der Waals surface area (Å²) in [6, 6.07) is 55.8. The standard InChI is InChI=1S/C54H60N12O6/c67-49-37-61(31-43-19-7-1-8-20-43)55-50(68)38-62(32-44-21-9-2-10-22-44)57-52(70)40-64(34-46-25-13-4-14-26-46)59-54(72)42-66(36-48-29-17-6-18-30-48)60-53(71)41-65(35-47-27-15-5-16-28-47)58-51(69)39-63(56-49)33-45-23-11-3-12-24-45/h1-30H,31-42H2,(H,55,68)(H,56,67)(H,57,70)(H,58,69)(H,59,72)(H,60,71). The minimum Gasteiger partial charge on any atom is -0.287 e. The van der Waals surface area contributed by atoms with Crippen LogP contribution in [0.4, 0.5) is 0 Å². The van der Waals surface area contributed by atoms with Crippen LogP contribution in [0.3, 0.4) is 0 Å². The van der Waals surface area contributed by atoms with Crippen molar-refractivity contribution >= 4 is 35.4 Å². The van der Waals surface area contributed by atoms with E-state index in [-0.39, 0.29) is 78.5 Å². The first-order valence-corrected chi connectivity index (χ1v) is 23.6. The highest BCUT2D eigenvalue weighted by Gasteiger charge is 2.25. The lowest BCUT2D eigenvalue weighted by molar-refractivity contribution is -0.135. The maximum absolute atomic E-state index is 14.1. The zero-order valence-electron chi connectivity index (χ0n) is 39.9. The number of benzene rings is 6. The molecule has 1 aliphatic rings. The molecule has 0 radical (unpaired) electrons. The number of amides is 6. The lowest BCUT2D eigenvalue weighted by Gasteiger charge is -2.30. The first-order chi connectivity index (χ1) is 35.1. The van der Waals surface area contributed by atoms with Gasteiger partial charge in [-0.05, 0) is 33.4 Å². The van der Waals surface area contributed by atoms with Gasteiger partial charge in [0.15, 0.2) is 0 Å². The van der Waals surface area contributed by atoms with Crippen LogP contribution in [0.2, 0.25) is 0 Å². The van der Waals surface area contributed by atoms with E-state index in [1.807, 2.05) is 182 Å². The van der Waals surface area contributed by atoms with Crippen molar-refractivity contribution in [1.29, 1.82) is 0 Å². The summed E-state index contributed by atoms with van der Waals surface area (Å²) in [6.45, 7) is -1.14. The van der Waals surface area contributed by atoms with Gasteiger partial charge in [0.25, 0.3) is 0 Å². The van der Waals surface area contributed by atoms with Crippen molar-refractivity contribution in [1.82, 2.24) is 62.6 Å². The smallest absolute Gasteiger partial charge is 0.250 e. The molecule has 18 nitrogen and oxygen atoms in total. The number of carbonyl (C=O) groups is 6. The Hall–Kier alpha value is -8.10. The highest BCUT2D eigenvalue weighted by molar-refractivity contribution is 5.84. The number of nitrogens with zero attached hydrogens (tertiary/aromatic N) is 6. The summed E-state index contributed by atoms with van der Waals surface area (Å²) in [6.07, 6.45) is 0. The fourth-order valence-electron chi connectivity index (χ4n) is 7.94. The van der Waals surface area contributed by atoms with Crippen LogP contribution in [0.5, 0.6) is 0 Å². The normalized spacial score (nSPS) is 16.8. The van der Waals surface area contributed by atoms with E-state index in [0.717, 1.165) is 33.4 Å². The van der Waals surface area contributed by atoms with Crippen LogP contribution in [0, 0.1) is 0 Å². The molecule has 0 unspecified atom stereocenters. The molecule has 1 saturated heterocycles. The first-order valence-electron chi connectivity index (χ1n) is 23.6. The number of carbonyl (C=O) groups excluding carboxylic acids is 6. The van der Waals surface area contributed by atoms with Crippen LogP contribution < -0.4 is 32.6 Å². The van der Waals surface area contributed by atoms with Crippen LogP contribution >= 0.6 is 0 Å². The van der Waals surface area contributed by atoms with Crippen LogP contribution in [-0.2, 0) is 68.0 Å². The molecule has 372 valence electrons. The zero-order valence-corrected chi connectivity index (χ0v) is 39.9. The SMILES string of the molecule is O=C1CN(Cc2ccccc2)NC(=O)CN(Cc2ccccc2)NC(=O)CN(Cc2ccccc2)NC(=O)CN(Cc2ccccc2)NC(=O)CN(Cc2ccccc2)NC(=O)CN(Cc2ccccc2)N1. The second kappa shape index (κ2) is 27.3. The third-order valence-electron chi connectivity index (χ3n) is 11.0. The highest BCUT2D eigenvalue weighted by atomic mass is 16.2. The Labute approximate surface area is 419 Å². The van der Waals surface area contributed by atoms with Crippen molar-refractivity contribution in [2.45, 2.75) is 39.3 Å². The quantitative estimate of drug-likeness (QED) is 0.105. The largest absolute Gasteiger partial charge is 0.287 e. The summed E-state index contributed by atoms with van der Waals surface area (Å²) in [5.41, 5.74) is 22.1. The third-order valence-corrected chi connectivity index (χ3v) is 11.0. The zero-order chi connectivity index (χ0) is 50.3. The number of nitrogens with one attached hydrogen (secondary N) is 6. The van der Waals surface area contributed by atoms with Crippen LogP contribution in [0.15, 0.2) is 182 Å². The topological polar surface area (TPSA) is 194 Å². The minimum absolute atomic E-state index is 0.137. The fraction of sp³-hybridized carbons (Fsp3) is 0.222. The fourth-order valence-corrected chi connectivity index (χ4v) is 7.94. The van der Waals surface area contributed by atoms with Crippen LogP contribution in [0.1, 0.15) is 33.4 Å². The Morgan fingerprint density at radius 2 is 0.347 bits per heavy atom. The molecular weight excluding hydrogens is 913 g/mol. The van der Waals surface area contributed by atoms with Crippen molar-refractivity contribution in [2.24, 2.45) is 0 Å². The van der Waals surface area contributed by atoms with Gasteiger partial charge in [0.05, 0.1) is 39.3 Å².